The summed E-state index contributed by atoms with van der Waals surface area (Å²) in [6.45, 7) is 2.23. The van der Waals surface area contributed by atoms with Crippen LogP contribution in [0.1, 0.15) is 81.8 Å². The summed E-state index contributed by atoms with van der Waals surface area (Å²) in [7, 11) is 0. The Kier molecular flexibility index (Phi) is 3.97. The zero-order valence-electron chi connectivity index (χ0n) is 18.4. The molecule has 2 N–H and O–H groups in total. The maximum absolute atomic E-state index is 14.7. The molecule has 1 aromatic carbocycles. The van der Waals surface area contributed by atoms with Gasteiger partial charge in [0.25, 0.3) is 0 Å². The zero-order chi connectivity index (χ0) is 22.3. The molecule has 2 aliphatic carbocycles. The van der Waals surface area contributed by atoms with Gasteiger partial charge in [0.2, 0.25) is 11.8 Å². The highest BCUT2D eigenvalue weighted by Gasteiger charge is 2.66. The van der Waals surface area contributed by atoms with Gasteiger partial charge < -0.3 is 15.4 Å². The average Bonchev–Trinajstić information content (AvgIpc) is 3.03. The van der Waals surface area contributed by atoms with Gasteiger partial charge in [-0.15, -0.1) is 0 Å². The van der Waals surface area contributed by atoms with Crippen molar-refractivity contribution >= 4 is 17.4 Å². The number of benzene rings is 1. The molecule has 3 aliphatic heterocycles. The number of nitriles is 1. The van der Waals surface area contributed by atoms with E-state index in [-0.39, 0.29) is 28.7 Å². The number of anilines is 1. The number of nitrogens with two attached hydrogens (primary N) is 1. The van der Waals surface area contributed by atoms with E-state index in [0.717, 1.165) is 48.9 Å². The third-order valence-electron chi connectivity index (χ3n) is 8.40. The predicted octanol–water partition coefficient (Wildman–Crippen LogP) is 4.21. The van der Waals surface area contributed by atoms with Gasteiger partial charge in [0.05, 0.1) is 11.3 Å². The zero-order valence-corrected chi connectivity index (χ0v) is 18.4. The van der Waals surface area contributed by atoms with E-state index in [1.165, 1.54) is 6.42 Å². The second-order valence-electron chi connectivity index (χ2n) is 10.1. The standard InChI is InChI=1S/C26H27N3O3/c1-15-13-25(11-3-2-4-12-25)29-22-16(15)7-5-8-17(22)26(24(29)31)18(14-27)23(28)32-20-10-6-9-19(30)21(20)26/h5,7-8,15H,2-4,6,9-13,28H2,1H3/t15-,26+/m1/s1. The van der Waals surface area contributed by atoms with Crippen LogP contribution in [0.15, 0.2) is 41.0 Å². The van der Waals surface area contributed by atoms with E-state index in [1.807, 2.05) is 17.0 Å². The van der Waals surface area contributed by atoms with Gasteiger partial charge in [0, 0.05) is 23.9 Å². The first-order chi connectivity index (χ1) is 15.5. The lowest BCUT2D eigenvalue weighted by molar-refractivity contribution is -0.126. The lowest BCUT2D eigenvalue weighted by Crippen LogP contribution is -2.58. The van der Waals surface area contributed by atoms with Crippen LogP contribution in [0.5, 0.6) is 0 Å². The van der Waals surface area contributed by atoms with Crippen molar-refractivity contribution in [1.29, 1.82) is 5.26 Å². The Labute approximate surface area is 187 Å². The largest absolute Gasteiger partial charge is 0.444 e. The number of fused-ring (bicyclic) bond motifs is 3. The number of nitrogens with zero attached hydrogens (tertiary/aromatic N) is 2. The van der Waals surface area contributed by atoms with Gasteiger partial charge in [0.15, 0.2) is 5.78 Å². The first-order valence-corrected chi connectivity index (χ1v) is 11.8. The van der Waals surface area contributed by atoms with E-state index in [1.54, 1.807) is 0 Å². The molecule has 1 aromatic rings. The van der Waals surface area contributed by atoms with Crippen LogP contribution < -0.4 is 10.6 Å². The van der Waals surface area contributed by atoms with Crippen molar-refractivity contribution in [3.05, 3.63) is 52.1 Å². The van der Waals surface area contributed by atoms with E-state index >= 15 is 0 Å². The lowest BCUT2D eigenvalue weighted by Gasteiger charge is -2.51. The molecule has 0 radical (unpaired) electrons. The molecule has 6 heteroatoms. The quantitative estimate of drug-likeness (QED) is 0.666. The molecule has 1 fully saturated rings. The maximum Gasteiger partial charge on any atom is 0.248 e. The highest BCUT2D eigenvalue weighted by Crippen LogP contribution is 2.62. The van der Waals surface area contributed by atoms with Crippen LogP contribution in [-0.2, 0) is 19.7 Å². The molecular formula is C26H27N3O3. The summed E-state index contributed by atoms with van der Waals surface area (Å²) in [5, 5.41) is 10.2. The number of ketones is 1. The number of rotatable bonds is 0. The molecule has 164 valence electrons. The van der Waals surface area contributed by atoms with Crippen LogP contribution >= 0.6 is 0 Å². The van der Waals surface area contributed by atoms with Crippen molar-refractivity contribution in [2.75, 3.05) is 4.90 Å². The van der Waals surface area contributed by atoms with Gasteiger partial charge >= 0.3 is 0 Å². The normalized spacial score (nSPS) is 30.4. The van der Waals surface area contributed by atoms with E-state index in [0.29, 0.717) is 36.5 Å². The fraction of sp³-hybridized carbons (Fsp3) is 0.500. The number of carbonyl (C=O) groups excluding carboxylic acids is 2. The number of Topliss-reactive ketones (excluding diaryl/α,β-unsaturated/α-hetero) is 1. The number of carbonyl (C=O) groups is 2. The number of para-hydroxylation sites is 1. The highest BCUT2D eigenvalue weighted by molar-refractivity contribution is 6.21. The van der Waals surface area contributed by atoms with E-state index in [2.05, 4.69) is 19.1 Å². The van der Waals surface area contributed by atoms with Crippen LogP contribution in [0.4, 0.5) is 5.69 Å². The van der Waals surface area contributed by atoms with E-state index in [4.69, 9.17) is 10.5 Å². The molecule has 1 saturated carbocycles. The summed E-state index contributed by atoms with van der Waals surface area (Å²) in [4.78, 5) is 30.1. The minimum absolute atomic E-state index is 0.0440. The number of allylic oxidation sites excluding steroid dienone is 1. The van der Waals surface area contributed by atoms with E-state index < -0.39 is 5.41 Å². The summed E-state index contributed by atoms with van der Waals surface area (Å²) in [6.07, 6.45) is 7.71. The molecule has 0 bridgehead atoms. The summed E-state index contributed by atoms with van der Waals surface area (Å²) in [5.74, 6) is 0.429. The Morgan fingerprint density at radius 2 is 1.94 bits per heavy atom. The smallest absolute Gasteiger partial charge is 0.248 e. The molecule has 0 saturated heterocycles. The van der Waals surface area contributed by atoms with Gasteiger partial charge in [-0.1, -0.05) is 44.4 Å². The molecule has 6 rings (SSSR count). The maximum atomic E-state index is 14.7. The first kappa shape index (κ1) is 19.6. The van der Waals surface area contributed by atoms with Crippen molar-refractivity contribution in [3.8, 4) is 6.07 Å². The minimum atomic E-state index is -1.48. The van der Waals surface area contributed by atoms with Gasteiger partial charge in [-0.2, -0.15) is 5.26 Å². The lowest BCUT2D eigenvalue weighted by atomic mass is 9.65. The SMILES string of the molecule is C[C@@H]1CC2(CCCCC2)N2C(=O)[C@]3(C(C#N)=C(N)OC4=C3C(=O)CCC4)c3cccc1c32. The van der Waals surface area contributed by atoms with Gasteiger partial charge in [-0.3, -0.25) is 9.59 Å². The molecule has 3 heterocycles. The van der Waals surface area contributed by atoms with Crippen LogP contribution in [0.25, 0.3) is 0 Å². The van der Waals surface area contributed by atoms with Crippen LogP contribution in [0.3, 0.4) is 0 Å². The summed E-state index contributed by atoms with van der Waals surface area (Å²) >= 11 is 0. The Morgan fingerprint density at radius 3 is 2.69 bits per heavy atom. The highest BCUT2D eigenvalue weighted by atomic mass is 16.5. The molecule has 5 aliphatic rings. The van der Waals surface area contributed by atoms with Crippen LogP contribution in [-0.4, -0.2) is 17.2 Å². The third-order valence-corrected chi connectivity index (χ3v) is 8.40. The molecule has 2 atom stereocenters. The van der Waals surface area contributed by atoms with Crippen LogP contribution in [0.2, 0.25) is 0 Å². The first-order valence-electron chi connectivity index (χ1n) is 11.8. The Bertz CT molecular complexity index is 1180. The average molecular weight is 430 g/mol. The minimum Gasteiger partial charge on any atom is -0.444 e. The fourth-order valence-electron chi connectivity index (χ4n) is 7.21. The molecular weight excluding hydrogens is 402 g/mol. The second-order valence-corrected chi connectivity index (χ2v) is 10.1. The Morgan fingerprint density at radius 1 is 1.16 bits per heavy atom. The van der Waals surface area contributed by atoms with Crippen LogP contribution in [0, 0.1) is 11.3 Å². The summed E-state index contributed by atoms with van der Waals surface area (Å²) in [5.41, 5.74) is 7.70. The molecule has 0 aromatic heterocycles. The fourth-order valence-corrected chi connectivity index (χ4v) is 7.21. The number of ether oxygens (including phenoxy) is 1. The van der Waals surface area contributed by atoms with Crippen molar-refractivity contribution in [2.45, 2.75) is 81.6 Å². The van der Waals surface area contributed by atoms with Crippen molar-refractivity contribution in [3.63, 3.8) is 0 Å². The van der Waals surface area contributed by atoms with Gasteiger partial charge in [0.1, 0.15) is 22.8 Å². The van der Waals surface area contributed by atoms with Gasteiger partial charge in [-0.25, -0.2) is 0 Å². The molecule has 1 amide bonds. The monoisotopic (exact) mass is 429 g/mol. The number of hydrogen-bond acceptors (Lipinski definition) is 5. The third kappa shape index (κ3) is 2.14. The van der Waals surface area contributed by atoms with Crippen molar-refractivity contribution < 1.29 is 14.3 Å². The predicted molar refractivity (Wildman–Crippen MR) is 118 cm³/mol. The molecule has 32 heavy (non-hydrogen) atoms. The van der Waals surface area contributed by atoms with Crippen molar-refractivity contribution in [2.24, 2.45) is 5.73 Å². The molecule has 0 unspecified atom stereocenters. The van der Waals surface area contributed by atoms with Crippen molar-refractivity contribution in [1.82, 2.24) is 0 Å². The summed E-state index contributed by atoms with van der Waals surface area (Å²) in [6, 6.07) is 8.17. The second kappa shape index (κ2) is 6.48. The Hall–Kier alpha value is -3.07. The summed E-state index contributed by atoms with van der Waals surface area (Å²) < 4.78 is 5.81. The number of amides is 1. The topological polar surface area (TPSA) is 96.4 Å². The molecule has 2 spiro atoms. The molecule has 6 nitrogen and oxygen atoms in total. The van der Waals surface area contributed by atoms with Gasteiger partial charge in [-0.05, 0) is 37.2 Å². The van der Waals surface area contributed by atoms with E-state index in [9.17, 15) is 14.9 Å². The Balaban J connectivity index is 1.71. The number of hydrogen-bond donors (Lipinski definition) is 1.